The molecule has 0 spiro atoms. The highest BCUT2D eigenvalue weighted by atomic mass is 16.5. The minimum Gasteiger partial charge on any atom is -0.490 e. The van der Waals surface area contributed by atoms with Crippen LogP contribution < -0.4 is 20.1 Å². The van der Waals surface area contributed by atoms with Crippen LogP contribution in [0, 0.1) is 0 Å². The summed E-state index contributed by atoms with van der Waals surface area (Å²) in [6.07, 6.45) is 1.53. The molecule has 0 radical (unpaired) electrons. The van der Waals surface area contributed by atoms with E-state index in [0.717, 1.165) is 18.4 Å². The summed E-state index contributed by atoms with van der Waals surface area (Å²) in [5.41, 5.74) is 2.46. The van der Waals surface area contributed by atoms with Gasteiger partial charge in [0.05, 0.1) is 24.5 Å². The Labute approximate surface area is 181 Å². The number of para-hydroxylation sites is 1. The molecule has 3 aromatic rings. The molecule has 0 atom stereocenters. The number of fused-ring (bicyclic) bond motifs is 1. The summed E-state index contributed by atoms with van der Waals surface area (Å²) in [6.45, 7) is 1.64. The lowest BCUT2D eigenvalue weighted by Crippen LogP contribution is -2.27. The molecule has 158 valence electrons. The second kappa shape index (κ2) is 9.80. The van der Waals surface area contributed by atoms with E-state index in [1.165, 1.54) is 0 Å². The molecule has 4 rings (SSSR count). The smallest absolute Gasteiger partial charge is 0.255 e. The second-order valence-electron chi connectivity index (χ2n) is 7.20. The summed E-state index contributed by atoms with van der Waals surface area (Å²) >= 11 is 0. The van der Waals surface area contributed by atoms with E-state index >= 15 is 0 Å². The quantitative estimate of drug-likeness (QED) is 0.635. The van der Waals surface area contributed by atoms with E-state index < -0.39 is 0 Å². The minimum atomic E-state index is -0.319. The van der Waals surface area contributed by atoms with Crippen LogP contribution in [-0.4, -0.2) is 31.6 Å². The van der Waals surface area contributed by atoms with Gasteiger partial charge < -0.3 is 20.1 Å². The molecule has 31 heavy (non-hydrogen) atoms. The van der Waals surface area contributed by atoms with E-state index in [2.05, 4.69) is 10.6 Å². The van der Waals surface area contributed by atoms with E-state index in [-0.39, 0.29) is 11.8 Å². The van der Waals surface area contributed by atoms with E-state index in [9.17, 15) is 9.59 Å². The summed E-state index contributed by atoms with van der Waals surface area (Å²) < 4.78 is 11.3. The number of ether oxygens (including phenoxy) is 2. The standard InChI is InChI=1S/C25H24N2O4/c28-24(19-11-12-22-23(17-19)31-16-6-15-30-22)27-21-10-5-4-9-20(21)25(29)26-14-13-18-7-2-1-3-8-18/h1-5,7-12,17H,6,13-16H2,(H,26,29)(H,27,28). The van der Waals surface area contributed by atoms with Crippen molar-refractivity contribution >= 4 is 17.5 Å². The van der Waals surface area contributed by atoms with Gasteiger partial charge in [-0.2, -0.15) is 0 Å². The molecule has 0 aliphatic carbocycles. The first kappa shape index (κ1) is 20.5. The van der Waals surface area contributed by atoms with Gasteiger partial charge in [-0.3, -0.25) is 9.59 Å². The molecule has 1 aliphatic heterocycles. The maximum absolute atomic E-state index is 12.8. The number of anilines is 1. The lowest BCUT2D eigenvalue weighted by molar-refractivity contribution is 0.0955. The Morgan fingerprint density at radius 3 is 2.39 bits per heavy atom. The Hall–Kier alpha value is -3.80. The van der Waals surface area contributed by atoms with Crippen molar-refractivity contribution in [3.05, 3.63) is 89.5 Å². The van der Waals surface area contributed by atoms with Gasteiger partial charge in [0.1, 0.15) is 0 Å². The van der Waals surface area contributed by atoms with Gasteiger partial charge in [-0.05, 0) is 42.3 Å². The number of benzene rings is 3. The highest BCUT2D eigenvalue weighted by Crippen LogP contribution is 2.30. The van der Waals surface area contributed by atoms with Crippen LogP contribution in [0.3, 0.4) is 0 Å². The molecule has 0 saturated carbocycles. The van der Waals surface area contributed by atoms with Gasteiger partial charge in [-0.25, -0.2) is 0 Å². The molecule has 0 aromatic heterocycles. The van der Waals surface area contributed by atoms with Crippen molar-refractivity contribution < 1.29 is 19.1 Å². The molecule has 1 aliphatic rings. The Kier molecular flexibility index (Phi) is 6.47. The van der Waals surface area contributed by atoms with Gasteiger partial charge in [0.15, 0.2) is 11.5 Å². The van der Waals surface area contributed by atoms with Gasteiger partial charge in [0.25, 0.3) is 11.8 Å². The van der Waals surface area contributed by atoms with Gasteiger partial charge in [-0.15, -0.1) is 0 Å². The molecule has 3 aromatic carbocycles. The number of amides is 2. The van der Waals surface area contributed by atoms with Crippen LogP contribution >= 0.6 is 0 Å². The van der Waals surface area contributed by atoms with Crippen molar-refractivity contribution in [1.29, 1.82) is 0 Å². The number of hydrogen-bond acceptors (Lipinski definition) is 4. The molecule has 0 saturated heterocycles. The Morgan fingerprint density at radius 1 is 0.806 bits per heavy atom. The normalized spacial score (nSPS) is 12.5. The molecule has 6 heteroatoms. The van der Waals surface area contributed by atoms with Gasteiger partial charge in [0.2, 0.25) is 0 Å². The summed E-state index contributed by atoms with van der Waals surface area (Å²) in [7, 11) is 0. The third kappa shape index (κ3) is 5.22. The molecule has 0 fully saturated rings. The number of hydrogen-bond donors (Lipinski definition) is 2. The van der Waals surface area contributed by atoms with Crippen molar-refractivity contribution in [2.45, 2.75) is 12.8 Å². The predicted octanol–water partition coefficient (Wildman–Crippen LogP) is 4.07. The van der Waals surface area contributed by atoms with E-state index in [0.29, 0.717) is 48.1 Å². The van der Waals surface area contributed by atoms with Crippen LogP contribution in [0.1, 0.15) is 32.7 Å². The molecule has 2 amide bonds. The van der Waals surface area contributed by atoms with Crippen LogP contribution in [-0.2, 0) is 6.42 Å². The fourth-order valence-electron chi connectivity index (χ4n) is 3.35. The predicted molar refractivity (Wildman–Crippen MR) is 119 cm³/mol. The maximum Gasteiger partial charge on any atom is 0.255 e. The van der Waals surface area contributed by atoms with Crippen LogP contribution in [0.5, 0.6) is 11.5 Å². The molecule has 1 heterocycles. The first-order valence-corrected chi connectivity index (χ1v) is 10.3. The van der Waals surface area contributed by atoms with Crippen molar-refractivity contribution in [2.24, 2.45) is 0 Å². The van der Waals surface area contributed by atoms with Crippen LogP contribution in [0.4, 0.5) is 5.69 Å². The molecular formula is C25H24N2O4. The highest BCUT2D eigenvalue weighted by molar-refractivity contribution is 6.09. The van der Waals surface area contributed by atoms with Gasteiger partial charge in [0, 0.05) is 18.5 Å². The van der Waals surface area contributed by atoms with E-state index in [1.54, 1.807) is 42.5 Å². The summed E-state index contributed by atoms with van der Waals surface area (Å²) in [5, 5.41) is 5.76. The lowest BCUT2D eigenvalue weighted by Gasteiger charge is -2.13. The van der Waals surface area contributed by atoms with Crippen molar-refractivity contribution in [3.63, 3.8) is 0 Å². The molecule has 0 bridgehead atoms. The summed E-state index contributed by atoms with van der Waals surface area (Å²) in [6, 6.07) is 22.0. The van der Waals surface area contributed by atoms with Crippen molar-refractivity contribution in [1.82, 2.24) is 5.32 Å². The average molecular weight is 416 g/mol. The monoisotopic (exact) mass is 416 g/mol. The second-order valence-corrected chi connectivity index (χ2v) is 7.20. The SMILES string of the molecule is O=C(Nc1ccccc1C(=O)NCCc1ccccc1)c1ccc2c(c1)OCCCO2. The zero-order valence-corrected chi connectivity index (χ0v) is 17.1. The van der Waals surface area contributed by atoms with Crippen LogP contribution in [0.25, 0.3) is 0 Å². The number of carbonyl (C=O) groups excluding carboxylic acids is 2. The first-order valence-electron chi connectivity index (χ1n) is 10.3. The third-order valence-corrected chi connectivity index (χ3v) is 4.97. The Morgan fingerprint density at radius 2 is 1.55 bits per heavy atom. The average Bonchev–Trinajstić information content (AvgIpc) is 3.05. The van der Waals surface area contributed by atoms with Crippen molar-refractivity contribution in [3.8, 4) is 11.5 Å². The fourth-order valence-corrected chi connectivity index (χ4v) is 3.35. The molecule has 2 N–H and O–H groups in total. The van der Waals surface area contributed by atoms with Crippen molar-refractivity contribution in [2.75, 3.05) is 25.1 Å². The number of rotatable bonds is 6. The highest BCUT2D eigenvalue weighted by Gasteiger charge is 2.17. The van der Waals surface area contributed by atoms with Gasteiger partial charge in [-0.1, -0.05) is 42.5 Å². The topological polar surface area (TPSA) is 76.7 Å². The van der Waals surface area contributed by atoms with Gasteiger partial charge >= 0.3 is 0 Å². The fraction of sp³-hybridized carbons (Fsp3) is 0.200. The Balaban J connectivity index is 1.42. The Bertz CT molecular complexity index is 1070. The molecular weight excluding hydrogens is 392 g/mol. The van der Waals surface area contributed by atoms with Crippen LogP contribution in [0.2, 0.25) is 0 Å². The number of carbonyl (C=O) groups is 2. The zero-order valence-electron chi connectivity index (χ0n) is 17.1. The first-order chi connectivity index (χ1) is 15.2. The van der Waals surface area contributed by atoms with E-state index in [4.69, 9.17) is 9.47 Å². The van der Waals surface area contributed by atoms with E-state index in [1.807, 2.05) is 30.3 Å². The zero-order chi connectivity index (χ0) is 21.5. The summed E-state index contributed by atoms with van der Waals surface area (Å²) in [4.78, 5) is 25.5. The largest absolute Gasteiger partial charge is 0.490 e. The van der Waals surface area contributed by atoms with Crippen LogP contribution in [0.15, 0.2) is 72.8 Å². The molecule has 6 nitrogen and oxygen atoms in total. The lowest BCUT2D eigenvalue weighted by atomic mass is 10.1. The minimum absolute atomic E-state index is 0.231. The maximum atomic E-state index is 12.8. The summed E-state index contributed by atoms with van der Waals surface area (Å²) in [5.74, 6) is 0.634. The third-order valence-electron chi connectivity index (χ3n) is 4.97. The number of nitrogens with one attached hydrogen (secondary N) is 2. The molecule has 0 unspecified atom stereocenters.